The Labute approximate surface area is 177 Å². The third-order valence-electron chi connectivity index (χ3n) is 5.52. The van der Waals surface area contributed by atoms with Gasteiger partial charge in [0.15, 0.2) is 0 Å². The number of esters is 1. The van der Waals surface area contributed by atoms with Crippen LogP contribution in [0.4, 0.5) is 0 Å². The summed E-state index contributed by atoms with van der Waals surface area (Å²) in [5.74, 6) is -0.0768. The van der Waals surface area contributed by atoms with Gasteiger partial charge in [-0.15, -0.1) is 0 Å². The fraction of sp³-hybridized carbons (Fsp3) is 0.458. The normalized spacial score (nSPS) is 19.4. The lowest BCUT2D eigenvalue weighted by atomic mass is 9.76. The first-order valence-corrected chi connectivity index (χ1v) is 10.6. The molecule has 1 aliphatic rings. The van der Waals surface area contributed by atoms with Crippen LogP contribution in [0.15, 0.2) is 47.0 Å². The largest absolute Gasteiger partial charge is 0.466 e. The number of benzene rings is 1. The number of carbonyl (C=O) groups excluding carboxylic acids is 2. The number of piperidine rings is 1. The molecule has 0 spiro atoms. The van der Waals surface area contributed by atoms with E-state index in [1.807, 2.05) is 56.3 Å². The molecule has 1 amide bonds. The molecule has 0 N–H and O–H groups in total. The van der Waals surface area contributed by atoms with Crippen LogP contribution in [-0.4, -0.2) is 41.6 Å². The summed E-state index contributed by atoms with van der Waals surface area (Å²) in [4.78, 5) is 27.6. The van der Waals surface area contributed by atoms with E-state index in [0.29, 0.717) is 32.5 Å². The Morgan fingerprint density at radius 3 is 2.73 bits per heavy atom. The highest BCUT2D eigenvalue weighted by molar-refractivity contribution is 5.92. The molecule has 6 heteroatoms. The minimum absolute atomic E-state index is 0.179. The number of likely N-dealkylation sites (tertiary alicyclic amines) is 1. The number of rotatable bonds is 7. The van der Waals surface area contributed by atoms with Gasteiger partial charge in [0.1, 0.15) is 0 Å². The average molecular weight is 411 g/mol. The second kappa shape index (κ2) is 9.74. The van der Waals surface area contributed by atoms with Crippen molar-refractivity contribution in [1.29, 1.82) is 0 Å². The molecule has 0 saturated carbocycles. The predicted octanol–water partition coefficient (Wildman–Crippen LogP) is 4.69. The fourth-order valence-electron chi connectivity index (χ4n) is 3.81. The first-order chi connectivity index (χ1) is 14.4. The number of carbonyl (C=O) groups is 2. The molecule has 1 aliphatic heterocycles. The zero-order valence-electron chi connectivity index (χ0n) is 18.0. The molecule has 6 nitrogen and oxygen atoms in total. The van der Waals surface area contributed by atoms with E-state index in [2.05, 4.69) is 5.16 Å². The summed E-state index contributed by atoms with van der Waals surface area (Å²) in [6, 6.07) is 11.6. The molecule has 160 valence electrons. The molecule has 30 heavy (non-hydrogen) atoms. The molecule has 2 heterocycles. The monoisotopic (exact) mass is 410 g/mol. The van der Waals surface area contributed by atoms with Crippen molar-refractivity contribution >= 4 is 18.0 Å². The molecular weight excluding hydrogens is 380 g/mol. The average Bonchev–Trinajstić information content (AvgIpc) is 3.25. The molecular formula is C24H30N2O4. The van der Waals surface area contributed by atoms with Gasteiger partial charge in [-0.2, -0.15) is 0 Å². The lowest BCUT2D eigenvalue weighted by Crippen LogP contribution is -2.50. The van der Waals surface area contributed by atoms with Gasteiger partial charge in [-0.3, -0.25) is 9.59 Å². The maximum absolute atomic E-state index is 13.0. The van der Waals surface area contributed by atoms with Crippen LogP contribution < -0.4 is 0 Å². The Morgan fingerprint density at radius 1 is 1.30 bits per heavy atom. The molecule has 1 fully saturated rings. The standard InChI is InChI=1S/C24H30N2O4/c1-4-29-23(28)24(13-8-12-19-10-6-5-7-11-19)14-9-15-26(17-24)22(27)21-16-20(18(2)3)25-30-21/h5-8,10-12,16,18H,4,9,13-15,17H2,1-3H3/b12-8+/t24-/m1/s1. The Balaban J connectivity index is 1.78. The van der Waals surface area contributed by atoms with Crippen LogP contribution in [0.5, 0.6) is 0 Å². The number of aromatic nitrogens is 1. The van der Waals surface area contributed by atoms with Gasteiger partial charge < -0.3 is 14.2 Å². The van der Waals surface area contributed by atoms with E-state index in [0.717, 1.165) is 17.7 Å². The van der Waals surface area contributed by atoms with Crippen molar-refractivity contribution < 1.29 is 18.8 Å². The van der Waals surface area contributed by atoms with Gasteiger partial charge in [-0.25, -0.2) is 0 Å². The van der Waals surface area contributed by atoms with Gasteiger partial charge in [0.25, 0.3) is 5.91 Å². The molecule has 0 unspecified atom stereocenters. The van der Waals surface area contributed by atoms with E-state index in [-0.39, 0.29) is 23.6 Å². The first kappa shape index (κ1) is 21.8. The summed E-state index contributed by atoms with van der Waals surface area (Å²) >= 11 is 0. The minimum Gasteiger partial charge on any atom is -0.466 e. The topological polar surface area (TPSA) is 72.6 Å². The molecule has 3 rings (SSSR count). The molecule has 2 aromatic rings. The minimum atomic E-state index is -0.754. The number of hydrogen-bond acceptors (Lipinski definition) is 5. The van der Waals surface area contributed by atoms with E-state index in [9.17, 15) is 9.59 Å². The van der Waals surface area contributed by atoms with Crippen LogP contribution >= 0.6 is 0 Å². The summed E-state index contributed by atoms with van der Waals surface area (Å²) in [5.41, 5.74) is 1.07. The highest BCUT2D eigenvalue weighted by Crippen LogP contribution is 2.36. The summed E-state index contributed by atoms with van der Waals surface area (Å²) in [5, 5.41) is 3.99. The number of hydrogen-bond donors (Lipinski definition) is 0. The van der Waals surface area contributed by atoms with E-state index in [1.165, 1.54) is 0 Å². The molecule has 0 bridgehead atoms. The maximum Gasteiger partial charge on any atom is 0.314 e. The summed E-state index contributed by atoms with van der Waals surface area (Å²) in [7, 11) is 0. The maximum atomic E-state index is 13.0. The zero-order chi connectivity index (χ0) is 21.6. The van der Waals surface area contributed by atoms with Crippen molar-refractivity contribution in [2.45, 2.75) is 46.0 Å². The molecule has 1 aromatic heterocycles. The highest BCUT2D eigenvalue weighted by atomic mass is 16.5. The number of allylic oxidation sites excluding steroid dienone is 1. The van der Waals surface area contributed by atoms with Crippen LogP contribution in [0, 0.1) is 5.41 Å². The lowest BCUT2D eigenvalue weighted by molar-refractivity contribution is -0.158. The summed E-state index contributed by atoms with van der Waals surface area (Å²) in [6.07, 6.45) is 5.94. The molecule has 1 saturated heterocycles. The summed E-state index contributed by atoms with van der Waals surface area (Å²) in [6.45, 7) is 7.01. The van der Waals surface area contributed by atoms with Gasteiger partial charge >= 0.3 is 5.97 Å². The van der Waals surface area contributed by atoms with Gasteiger partial charge in [0.2, 0.25) is 5.76 Å². The number of nitrogens with zero attached hydrogens (tertiary/aromatic N) is 2. The van der Waals surface area contributed by atoms with Crippen LogP contribution in [0.3, 0.4) is 0 Å². The Morgan fingerprint density at radius 2 is 2.07 bits per heavy atom. The molecule has 0 radical (unpaired) electrons. The van der Waals surface area contributed by atoms with E-state index >= 15 is 0 Å². The molecule has 0 aliphatic carbocycles. The van der Waals surface area contributed by atoms with Gasteiger partial charge in [-0.1, -0.05) is 61.5 Å². The van der Waals surface area contributed by atoms with Gasteiger partial charge in [0, 0.05) is 19.2 Å². The second-order valence-electron chi connectivity index (χ2n) is 8.12. The summed E-state index contributed by atoms with van der Waals surface area (Å²) < 4.78 is 10.7. The lowest BCUT2D eigenvalue weighted by Gasteiger charge is -2.40. The predicted molar refractivity (Wildman–Crippen MR) is 115 cm³/mol. The highest BCUT2D eigenvalue weighted by Gasteiger charge is 2.44. The smallest absolute Gasteiger partial charge is 0.314 e. The van der Waals surface area contributed by atoms with Crippen LogP contribution in [0.25, 0.3) is 6.08 Å². The van der Waals surface area contributed by atoms with Crippen molar-refractivity contribution in [3.05, 3.63) is 59.5 Å². The van der Waals surface area contributed by atoms with Crippen LogP contribution in [-0.2, 0) is 9.53 Å². The fourth-order valence-corrected chi connectivity index (χ4v) is 3.81. The van der Waals surface area contributed by atoms with Crippen molar-refractivity contribution in [3.8, 4) is 0 Å². The second-order valence-corrected chi connectivity index (χ2v) is 8.12. The molecule has 1 aromatic carbocycles. The number of ether oxygens (including phenoxy) is 1. The van der Waals surface area contributed by atoms with Crippen molar-refractivity contribution in [2.24, 2.45) is 5.41 Å². The Hall–Kier alpha value is -2.89. The van der Waals surface area contributed by atoms with Crippen molar-refractivity contribution in [2.75, 3.05) is 19.7 Å². The van der Waals surface area contributed by atoms with Crippen molar-refractivity contribution in [3.63, 3.8) is 0 Å². The quantitative estimate of drug-likeness (QED) is 0.619. The van der Waals surface area contributed by atoms with E-state index in [1.54, 1.807) is 17.9 Å². The number of amides is 1. The third-order valence-corrected chi connectivity index (χ3v) is 5.52. The Kier molecular flexibility index (Phi) is 7.08. The van der Waals surface area contributed by atoms with Crippen LogP contribution in [0.1, 0.15) is 67.8 Å². The molecule has 1 atom stereocenters. The van der Waals surface area contributed by atoms with Crippen LogP contribution in [0.2, 0.25) is 0 Å². The SMILES string of the molecule is CCOC(=O)[C@]1(C/C=C/c2ccccc2)CCCN(C(=O)c2cc(C(C)C)no2)C1. The van der Waals surface area contributed by atoms with E-state index < -0.39 is 5.41 Å². The van der Waals surface area contributed by atoms with Gasteiger partial charge in [0.05, 0.1) is 17.7 Å². The Bertz CT molecular complexity index is 888. The first-order valence-electron chi connectivity index (χ1n) is 10.6. The third kappa shape index (κ3) is 4.99. The van der Waals surface area contributed by atoms with E-state index in [4.69, 9.17) is 9.26 Å². The zero-order valence-corrected chi connectivity index (χ0v) is 18.0. The van der Waals surface area contributed by atoms with Gasteiger partial charge in [-0.05, 0) is 37.7 Å². The van der Waals surface area contributed by atoms with Crippen molar-refractivity contribution in [1.82, 2.24) is 10.1 Å².